The van der Waals surface area contributed by atoms with E-state index in [0.29, 0.717) is 18.0 Å². The van der Waals surface area contributed by atoms with Crippen LogP contribution in [-0.2, 0) is 11.3 Å². The van der Waals surface area contributed by atoms with E-state index in [-0.39, 0.29) is 11.8 Å². The highest BCUT2D eigenvalue weighted by atomic mass is 16.3. The summed E-state index contributed by atoms with van der Waals surface area (Å²) in [7, 11) is 0. The highest BCUT2D eigenvalue weighted by Gasteiger charge is 2.29. The molecule has 4 aromatic rings. The molecule has 2 heterocycles. The van der Waals surface area contributed by atoms with Gasteiger partial charge >= 0.3 is 0 Å². The molecule has 1 fully saturated rings. The smallest absolute Gasteiger partial charge is 0.243 e. The molecule has 6 heteroatoms. The van der Waals surface area contributed by atoms with Crippen molar-refractivity contribution in [2.75, 3.05) is 0 Å². The zero-order chi connectivity index (χ0) is 19.6. The van der Waals surface area contributed by atoms with Crippen LogP contribution in [0.4, 0.5) is 0 Å². The number of hydrogen-bond donors (Lipinski definition) is 1. The number of benzene rings is 2. The van der Waals surface area contributed by atoms with Crippen molar-refractivity contribution in [2.45, 2.75) is 19.4 Å². The van der Waals surface area contributed by atoms with Crippen LogP contribution in [0.25, 0.3) is 22.4 Å². The lowest BCUT2D eigenvalue weighted by Gasteiger charge is -2.00. The highest BCUT2D eigenvalue weighted by molar-refractivity contribution is 5.91. The van der Waals surface area contributed by atoms with Crippen LogP contribution < -0.4 is 5.43 Å². The van der Waals surface area contributed by atoms with Crippen LogP contribution in [0.15, 0.2) is 76.4 Å². The van der Waals surface area contributed by atoms with Gasteiger partial charge in [0.1, 0.15) is 11.3 Å². The second-order valence-electron chi connectivity index (χ2n) is 7.27. The van der Waals surface area contributed by atoms with Gasteiger partial charge < -0.3 is 4.42 Å². The van der Waals surface area contributed by atoms with Gasteiger partial charge in [-0.15, -0.1) is 0 Å². The molecule has 0 aliphatic heterocycles. The van der Waals surface area contributed by atoms with E-state index in [9.17, 15) is 4.79 Å². The number of nitrogens with one attached hydrogen (secondary N) is 1. The van der Waals surface area contributed by atoms with Crippen molar-refractivity contribution in [3.8, 4) is 11.5 Å². The second kappa shape index (κ2) is 7.39. The summed E-state index contributed by atoms with van der Waals surface area (Å²) in [5.74, 6) is 0.763. The van der Waals surface area contributed by atoms with Crippen LogP contribution >= 0.6 is 0 Å². The molecule has 1 saturated carbocycles. The van der Waals surface area contributed by atoms with Gasteiger partial charge in [0.2, 0.25) is 5.91 Å². The van der Waals surface area contributed by atoms with Crippen LogP contribution in [0.3, 0.4) is 0 Å². The maximum Gasteiger partial charge on any atom is 0.243 e. The third-order valence-electron chi connectivity index (χ3n) is 4.96. The first kappa shape index (κ1) is 17.4. The standard InChI is InChI=1S/C23H20N4O2/c28-23(17-10-11-17)25-24-13-19-15-27(14-16-6-2-1-3-7-16)26-22(19)21-12-18-8-4-5-9-20(18)29-21/h1-9,12-13,15,17H,10-11,14H2,(H,25,28)/b24-13-. The Morgan fingerprint density at radius 3 is 2.76 bits per heavy atom. The molecular formula is C23H20N4O2. The van der Waals surface area contributed by atoms with Crippen molar-refractivity contribution in [2.24, 2.45) is 11.0 Å². The average Bonchev–Trinajstić information content (AvgIpc) is 3.39. The van der Waals surface area contributed by atoms with Crippen molar-refractivity contribution in [1.82, 2.24) is 15.2 Å². The van der Waals surface area contributed by atoms with E-state index < -0.39 is 0 Å². The summed E-state index contributed by atoms with van der Waals surface area (Å²) in [5, 5.41) is 9.90. The van der Waals surface area contributed by atoms with Crippen molar-refractivity contribution >= 4 is 23.1 Å². The third-order valence-corrected chi connectivity index (χ3v) is 4.96. The number of nitrogens with zero attached hydrogens (tertiary/aromatic N) is 3. The molecule has 0 saturated heterocycles. The van der Waals surface area contributed by atoms with Gasteiger partial charge in [0.25, 0.3) is 0 Å². The lowest BCUT2D eigenvalue weighted by Crippen LogP contribution is -2.18. The number of rotatable bonds is 6. The molecule has 1 amide bonds. The second-order valence-corrected chi connectivity index (χ2v) is 7.27. The van der Waals surface area contributed by atoms with Gasteiger partial charge in [0.05, 0.1) is 12.8 Å². The summed E-state index contributed by atoms with van der Waals surface area (Å²) in [5.41, 5.74) is 6.06. The molecule has 1 aliphatic rings. The van der Waals surface area contributed by atoms with Crippen molar-refractivity contribution < 1.29 is 9.21 Å². The Kier molecular flexibility index (Phi) is 4.44. The number of carbonyl (C=O) groups is 1. The lowest BCUT2D eigenvalue weighted by atomic mass is 10.2. The number of carbonyl (C=O) groups excluding carboxylic acids is 1. The van der Waals surface area contributed by atoms with Gasteiger partial charge in [-0.1, -0.05) is 48.5 Å². The molecule has 29 heavy (non-hydrogen) atoms. The number of fused-ring (bicyclic) bond motifs is 1. The predicted octanol–water partition coefficient (Wildman–Crippen LogP) is 4.20. The minimum Gasteiger partial charge on any atom is -0.454 e. The van der Waals surface area contributed by atoms with Crippen molar-refractivity contribution in [3.63, 3.8) is 0 Å². The Balaban J connectivity index is 1.48. The molecule has 0 atom stereocenters. The van der Waals surface area contributed by atoms with Crippen LogP contribution in [0, 0.1) is 5.92 Å². The zero-order valence-electron chi connectivity index (χ0n) is 15.8. The molecule has 0 radical (unpaired) electrons. The molecule has 6 nitrogen and oxygen atoms in total. The zero-order valence-corrected chi connectivity index (χ0v) is 15.8. The fraction of sp³-hybridized carbons (Fsp3) is 0.174. The largest absolute Gasteiger partial charge is 0.454 e. The minimum absolute atomic E-state index is 0.0248. The number of para-hydroxylation sites is 1. The number of amides is 1. The Hall–Kier alpha value is -3.67. The van der Waals surface area contributed by atoms with E-state index in [1.807, 2.05) is 59.4 Å². The molecule has 0 unspecified atom stereocenters. The first-order valence-electron chi connectivity index (χ1n) is 9.69. The lowest BCUT2D eigenvalue weighted by molar-refractivity contribution is -0.122. The molecule has 2 aromatic heterocycles. The van der Waals surface area contributed by atoms with Crippen LogP contribution in [-0.4, -0.2) is 21.9 Å². The van der Waals surface area contributed by atoms with E-state index in [0.717, 1.165) is 34.9 Å². The summed E-state index contributed by atoms with van der Waals surface area (Å²) in [6.07, 6.45) is 5.45. The Morgan fingerprint density at radius 2 is 1.97 bits per heavy atom. The van der Waals surface area contributed by atoms with Gasteiger partial charge in [-0.05, 0) is 30.5 Å². The summed E-state index contributed by atoms with van der Waals surface area (Å²) < 4.78 is 7.87. The third kappa shape index (κ3) is 3.82. The fourth-order valence-corrected chi connectivity index (χ4v) is 3.28. The Morgan fingerprint density at radius 1 is 1.17 bits per heavy atom. The maximum atomic E-state index is 11.9. The van der Waals surface area contributed by atoms with Crippen LogP contribution in [0.1, 0.15) is 24.0 Å². The molecule has 144 valence electrons. The van der Waals surface area contributed by atoms with Crippen LogP contribution in [0.5, 0.6) is 0 Å². The van der Waals surface area contributed by atoms with Gasteiger partial charge in [-0.2, -0.15) is 10.2 Å². The molecule has 2 aromatic carbocycles. The van der Waals surface area contributed by atoms with E-state index >= 15 is 0 Å². The summed E-state index contributed by atoms with van der Waals surface area (Å²) in [4.78, 5) is 11.9. The van der Waals surface area contributed by atoms with Gasteiger partial charge in [0, 0.05) is 23.1 Å². The van der Waals surface area contributed by atoms with E-state index in [2.05, 4.69) is 22.7 Å². The monoisotopic (exact) mass is 384 g/mol. The SMILES string of the molecule is O=C(N/N=C\c1cn(Cc2ccccc2)nc1-c1cc2ccccc2o1)C1CC1. The highest BCUT2D eigenvalue weighted by Crippen LogP contribution is 2.29. The first-order valence-corrected chi connectivity index (χ1v) is 9.69. The number of furan rings is 1. The fourth-order valence-electron chi connectivity index (χ4n) is 3.28. The molecular weight excluding hydrogens is 364 g/mol. The predicted molar refractivity (Wildman–Crippen MR) is 111 cm³/mol. The van der Waals surface area contributed by atoms with E-state index in [1.165, 1.54) is 0 Å². The maximum absolute atomic E-state index is 11.9. The van der Waals surface area contributed by atoms with E-state index in [4.69, 9.17) is 9.52 Å². The van der Waals surface area contributed by atoms with Gasteiger partial charge in [0.15, 0.2) is 5.76 Å². The van der Waals surface area contributed by atoms with Crippen molar-refractivity contribution in [3.05, 3.63) is 78.0 Å². The first-order chi connectivity index (χ1) is 14.3. The molecule has 1 aliphatic carbocycles. The topological polar surface area (TPSA) is 72.4 Å². The summed E-state index contributed by atoms with van der Waals surface area (Å²) >= 11 is 0. The summed E-state index contributed by atoms with van der Waals surface area (Å²) in [6.45, 7) is 0.635. The number of aromatic nitrogens is 2. The minimum atomic E-state index is -0.0248. The average molecular weight is 384 g/mol. The number of hydrazone groups is 1. The van der Waals surface area contributed by atoms with Crippen molar-refractivity contribution in [1.29, 1.82) is 0 Å². The summed E-state index contributed by atoms with van der Waals surface area (Å²) in [6, 6.07) is 20.0. The molecule has 5 rings (SSSR count). The van der Waals surface area contributed by atoms with Crippen LogP contribution in [0.2, 0.25) is 0 Å². The van der Waals surface area contributed by atoms with Gasteiger partial charge in [-0.3, -0.25) is 9.48 Å². The molecule has 0 spiro atoms. The molecule has 0 bridgehead atoms. The Bertz CT molecular complexity index is 1150. The number of hydrogen-bond acceptors (Lipinski definition) is 4. The normalized spacial score (nSPS) is 13.9. The van der Waals surface area contributed by atoms with E-state index in [1.54, 1.807) is 6.21 Å². The Labute approximate surface area is 167 Å². The molecule has 1 N–H and O–H groups in total. The van der Waals surface area contributed by atoms with Gasteiger partial charge in [-0.25, -0.2) is 5.43 Å². The quantitative estimate of drug-likeness (QED) is 0.400.